The first-order valence-corrected chi connectivity index (χ1v) is 6.56. The van der Waals surface area contributed by atoms with Gasteiger partial charge in [0.2, 0.25) is 0 Å². The van der Waals surface area contributed by atoms with Crippen molar-refractivity contribution in [2.45, 2.75) is 13.8 Å². The lowest BCUT2D eigenvalue weighted by Gasteiger charge is -2.10. The molecule has 2 N–H and O–H groups in total. The topological polar surface area (TPSA) is 84.3 Å². The molecular formula is C15H17N3O3. The maximum atomic E-state index is 10.7. The molecule has 1 heterocycles. The van der Waals surface area contributed by atoms with Crippen LogP contribution in [0.3, 0.4) is 0 Å². The summed E-state index contributed by atoms with van der Waals surface area (Å²) in [5, 5.41) is 12.0. The van der Waals surface area contributed by atoms with Crippen LogP contribution in [0.15, 0.2) is 30.5 Å². The Labute approximate surface area is 122 Å². The Morgan fingerprint density at radius 1 is 1.29 bits per heavy atom. The molecule has 2 aromatic rings. The van der Waals surface area contributed by atoms with Crippen LogP contribution in [0.5, 0.6) is 5.75 Å². The van der Waals surface area contributed by atoms with Crippen molar-refractivity contribution in [2.24, 2.45) is 0 Å². The van der Waals surface area contributed by atoms with Crippen molar-refractivity contribution in [1.82, 2.24) is 9.97 Å². The summed E-state index contributed by atoms with van der Waals surface area (Å²) in [6.07, 6.45) is 1.72. The SMILES string of the molecule is Cc1cnc(C)c(NCCOc2ccc(C(=O)O)cc2)n1. The molecule has 6 nitrogen and oxygen atoms in total. The minimum atomic E-state index is -0.947. The van der Waals surface area contributed by atoms with Crippen LogP contribution in [-0.2, 0) is 0 Å². The summed E-state index contributed by atoms with van der Waals surface area (Å²) in [4.78, 5) is 19.3. The molecule has 110 valence electrons. The Hall–Kier alpha value is -2.63. The highest BCUT2D eigenvalue weighted by molar-refractivity contribution is 5.87. The first kappa shape index (κ1) is 14.8. The van der Waals surface area contributed by atoms with Gasteiger partial charge in [-0.3, -0.25) is 4.98 Å². The van der Waals surface area contributed by atoms with Crippen LogP contribution >= 0.6 is 0 Å². The van der Waals surface area contributed by atoms with Crippen LogP contribution in [0.4, 0.5) is 5.82 Å². The molecular weight excluding hydrogens is 270 g/mol. The summed E-state index contributed by atoms with van der Waals surface area (Å²) in [5.74, 6) is 0.436. The second kappa shape index (κ2) is 6.69. The number of aromatic carboxylic acids is 1. The van der Waals surface area contributed by atoms with E-state index in [0.29, 0.717) is 18.9 Å². The molecule has 0 fully saturated rings. The quantitative estimate of drug-likeness (QED) is 0.793. The predicted octanol–water partition coefficient (Wildman–Crippen LogP) is 2.28. The fourth-order valence-electron chi connectivity index (χ4n) is 1.74. The van der Waals surface area contributed by atoms with Gasteiger partial charge in [0.15, 0.2) is 0 Å². The van der Waals surface area contributed by atoms with Gasteiger partial charge in [0.05, 0.1) is 23.5 Å². The van der Waals surface area contributed by atoms with E-state index in [1.807, 2.05) is 13.8 Å². The van der Waals surface area contributed by atoms with Gasteiger partial charge < -0.3 is 15.2 Å². The zero-order valence-electron chi connectivity index (χ0n) is 12.0. The number of nitrogens with zero attached hydrogens (tertiary/aromatic N) is 2. The van der Waals surface area contributed by atoms with Gasteiger partial charge in [-0.1, -0.05) is 0 Å². The number of anilines is 1. The van der Waals surface area contributed by atoms with Crippen molar-refractivity contribution in [3.8, 4) is 5.75 Å². The lowest BCUT2D eigenvalue weighted by Crippen LogP contribution is -2.14. The maximum absolute atomic E-state index is 10.7. The molecule has 0 spiro atoms. The van der Waals surface area contributed by atoms with Gasteiger partial charge in [-0.25, -0.2) is 9.78 Å². The molecule has 1 aromatic heterocycles. The zero-order valence-corrected chi connectivity index (χ0v) is 12.0. The average Bonchev–Trinajstić information content (AvgIpc) is 2.47. The average molecular weight is 287 g/mol. The molecule has 2 rings (SSSR count). The number of ether oxygens (including phenoxy) is 1. The number of nitrogens with one attached hydrogen (secondary N) is 1. The van der Waals surface area contributed by atoms with E-state index in [-0.39, 0.29) is 5.56 Å². The third-order valence-corrected chi connectivity index (χ3v) is 2.84. The van der Waals surface area contributed by atoms with Gasteiger partial charge >= 0.3 is 5.97 Å². The van der Waals surface area contributed by atoms with E-state index in [0.717, 1.165) is 17.2 Å². The Balaban J connectivity index is 1.81. The standard InChI is InChI=1S/C15H17N3O3/c1-10-9-17-11(2)14(18-10)16-7-8-21-13-5-3-12(4-6-13)15(19)20/h3-6,9H,7-8H2,1-2H3,(H,16,18)(H,19,20). The highest BCUT2D eigenvalue weighted by Gasteiger charge is 2.03. The van der Waals surface area contributed by atoms with Crippen molar-refractivity contribution in [1.29, 1.82) is 0 Å². The number of rotatable bonds is 6. The third-order valence-electron chi connectivity index (χ3n) is 2.84. The summed E-state index contributed by atoms with van der Waals surface area (Å²) in [5.41, 5.74) is 1.94. The fraction of sp³-hybridized carbons (Fsp3) is 0.267. The van der Waals surface area contributed by atoms with Crippen LogP contribution in [0.25, 0.3) is 0 Å². The van der Waals surface area contributed by atoms with Crippen molar-refractivity contribution in [3.05, 3.63) is 47.4 Å². The van der Waals surface area contributed by atoms with Gasteiger partial charge in [-0.05, 0) is 38.1 Å². The number of aryl methyl sites for hydroxylation is 2. The number of carboxylic acid groups (broad SMARTS) is 1. The van der Waals surface area contributed by atoms with Gasteiger partial charge in [0.1, 0.15) is 18.2 Å². The highest BCUT2D eigenvalue weighted by atomic mass is 16.5. The molecule has 6 heteroatoms. The van der Waals surface area contributed by atoms with Gasteiger partial charge in [0.25, 0.3) is 0 Å². The van der Waals surface area contributed by atoms with Crippen molar-refractivity contribution in [3.63, 3.8) is 0 Å². The Kier molecular flexibility index (Phi) is 4.71. The Bertz CT molecular complexity index is 627. The van der Waals surface area contributed by atoms with E-state index < -0.39 is 5.97 Å². The molecule has 0 saturated carbocycles. The maximum Gasteiger partial charge on any atom is 0.335 e. The minimum Gasteiger partial charge on any atom is -0.492 e. The molecule has 0 saturated heterocycles. The second-order valence-corrected chi connectivity index (χ2v) is 4.55. The smallest absolute Gasteiger partial charge is 0.335 e. The van der Waals surface area contributed by atoms with Crippen LogP contribution in [-0.4, -0.2) is 34.2 Å². The van der Waals surface area contributed by atoms with Crippen LogP contribution in [0.2, 0.25) is 0 Å². The summed E-state index contributed by atoms with van der Waals surface area (Å²) in [6.45, 7) is 4.81. The van der Waals surface area contributed by atoms with E-state index in [1.165, 1.54) is 12.1 Å². The molecule has 0 atom stereocenters. The number of carboxylic acids is 1. The minimum absolute atomic E-state index is 0.242. The lowest BCUT2D eigenvalue weighted by molar-refractivity contribution is 0.0697. The normalized spacial score (nSPS) is 10.2. The van der Waals surface area contributed by atoms with E-state index in [4.69, 9.17) is 9.84 Å². The molecule has 0 aliphatic rings. The molecule has 0 aliphatic heterocycles. The summed E-state index contributed by atoms with van der Waals surface area (Å²) in [6, 6.07) is 6.31. The van der Waals surface area contributed by atoms with E-state index in [2.05, 4.69) is 15.3 Å². The fourth-order valence-corrected chi connectivity index (χ4v) is 1.74. The predicted molar refractivity (Wildman–Crippen MR) is 78.9 cm³/mol. The largest absolute Gasteiger partial charge is 0.492 e. The summed E-state index contributed by atoms with van der Waals surface area (Å²) >= 11 is 0. The van der Waals surface area contributed by atoms with Crippen LogP contribution in [0, 0.1) is 13.8 Å². The molecule has 21 heavy (non-hydrogen) atoms. The zero-order chi connectivity index (χ0) is 15.2. The van der Waals surface area contributed by atoms with Crippen LogP contribution in [0.1, 0.15) is 21.7 Å². The highest BCUT2D eigenvalue weighted by Crippen LogP contribution is 2.12. The van der Waals surface area contributed by atoms with Crippen LogP contribution < -0.4 is 10.1 Å². The summed E-state index contributed by atoms with van der Waals surface area (Å²) < 4.78 is 5.53. The van der Waals surface area contributed by atoms with Crippen molar-refractivity contribution < 1.29 is 14.6 Å². The van der Waals surface area contributed by atoms with Gasteiger partial charge in [-0.15, -0.1) is 0 Å². The monoisotopic (exact) mass is 287 g/mol. The number of carbonyl (C=O) groups is 1. The van der Waals surface area contributed by atoms with E-state index in [9.17, 15) is 4.79 Å². The lowest BCUT2D eigenvalue weighted by atomic mass is 10.2. The van der Waals surface area contributed by atoms with E-state index in [1.54, 1.807) is 18.3 Å². The van der Waals surface area contributed by atoms with E-state index >= 15 is 0 Å². The molecule has 0 amide bonds. The number of aromatic nitrogens is 2. The number of hydrogen-bond acceptors (Lipinski definition) is 5. The molecule has 0 radical (unpaired) electrons. The summed E-state index contributed by atoms with van der Waals surface area (Å²) in [7, 11) is 0. The third kappa shape index (κ3) is 4.17. The second-order valence-electron chi connectivity index (χ2n) is 4.55. The molecule has 1 aromatic carbocycles. The van der Waals surface area contributed by atoms with Crippen molar-refractivity contribution >= 4 is 11.8 Å². The Morgan fingerprint density at radius 3 is 2.67 bits per heavy atom. The first-order chi connectivity index (χ1) is 10.1. The molecule has 0 unspecified atom stereocenters. The molecule has 0 aliphatic carbocycles. The van der Waals surface area contributed by atoms with Gasteiger partial charge in [-0.2, -0.15) is 0 Å². The first-order valence-electron chi connectivity index (χ1n) is 6.56. The molecule has 0 bridgehead atoms. The van der Waals surface area contributed by atoms with Crippen molar-refractivity contribution in [2.75, 3.05) is 18.5 Å². The van der Waals surface area contributed by atoms with Gasteiger partial charge in [0, 0.05) is 6.20 Å². The Morgan fingerprint density at radius 2 is 2.00 bits per heavy atom. The number of benzene rings is 1. The number of hydrogen-bond donors (Lipinski definition) is 2.